The number of rotatable bonds is 7. The zero-order valence-corrected chi connectivity index (χ0v) is 14.2. The average Bonchev–Trinajstić information content (AvgIpc) is 2.39. The molecule has 2 rings (SSSR count). The maximum Gasteiger partial charge on any atom is 0.279 e. The third-order valence-corrected chi connectivity index (χ3v) is 7.62. The normalized spacial score (nSPS) is 27.2. The standard InChI is InChI=1S/C13H27N3O2S2/c1-14-10-12-6-3-4-9-16(12)20(17,18)15-11-13(19-2)7-5-8-13/h12,14-15H,3-11H2,1-2H3. The molecule has 2 N–H and O–H groups in total. The first-order valence-corrected chi connectivity index (χ1v) is 10.2. The zero-order valence-electron chi connectivity index (χ0n) is 12.5. The third-order valence-electron chi connectivity index (χ3n) is 4.60. The molecule has 0 aromatic heterocycles. The summed E-state index contributed by atoms with van der Waals surface area (Å²) in [5.74, 6) is 0. The van der Waals surface area contributed by atoms with Gasteiger partial charge in [0, 0.05) is 30.4 Å². The lowest BCUT2D eigenvalue weighted by molar-refractivity contribution is 0.244. The van der Waals surface area contributed by atoms with Gasteiger partial charge in [-0.05, 0) is 39.0 Å². The first-order valence-electron chi connectivity index (χ1n) is 7.49. The molecule has 0 amide bonds. The summed E-state index contributed by atoms with van der Waals surface area (Å²) in [6.45, 7) is 1.95. The Bertz CT molecular complexity index is 402. The molecule has 0 spiro atoms. The molecule has 118 valence electrons. The second-order valence-corrected chi connectivity index (χ2v) is 8.87. The van der Waals surface area contributed by atoms with Crippen LogP contribution < -0.4 is 10.0 Å². The van der Waals surface area contributed by atoms with Crippen molar-refractivity contribution in [1.82, 2.24) is 14.3 Å². The Morgan fingerprint density at radius 1 is 1.30 bits per heavy atom. The van der Waals surface area contributed by atoms with E-state index in [9.17, 15) is 8.42 Å². The highest BCUT2D eigenvalue weighted by Gasteiger charge is 2.39. The quantitative estimate of drug-likeness (QED) is 0.739. The summed E-state index contributed by atoms with van der Waals surface area (Å²) >= 11 is 1.80. The van der Waals surface area contributed by atoms with Crippen LogP contribution in [-0.2, 0) is 10.2 Å². The maximum absolute atomic E-state index is 12.6. The van der Waals surface area contributed by atoms with Crippen molar-refractivity contribution in [3.63, 3.8) is 0 Å². The second kappa shape index (κ2) is 6.96. The van der Waals surface area contributed by atoms with Crippen molar-refractivity contribution in [2.24, 2.45) is 0 Å². The molecule has 1 aliphatic heterocycles. The van der Waals surface area contributed by atoms with Crippen LogP contribution >= 0.6 is 11.8 Å². The molecule has 2 fully saturated rings. The van der Waals surface area contributed by atoms with Crippen molar-refractivity contribution in [1.29, 1.82) is 0 Å². The number of nitrogens with one attached hydrogen (secondary N) is 2. The van der Waals surface area contributed by atoms with Crippen molar-refractivity contribution < 1.29 is 8.42 Å². The van der Waals surface area contributed by atoms with E-state index < -0.39 is 10.2 Å². The van der Waals surface area contributed by atoms with E-state index in [1.165, 1.54) is 6.42 Å². The van der Waals surface area contributed by atoms with E-state index in [0.29, 0.717) is 13.1 Å². The third kappa shape index (κ3) is 3.68. The van der Waals surface area contributed by atoms with E-state index in [2.05, 4.69) is 16.3 Å². The zero-order chi connectivity index (χ0) is 14.6. The minimum atomic E-state index is -3.34. The summed E-state index contributed by atoms with van der Waals surface area (Å²) in [5.41, 5.74) is 0. The van der Waals surface area contributed by atoms with Gasteiger partial charge in [-0.25, -0.2) is 4.72 Å². The summed E-state index contributed by atoms with van der Waals surface area (Å²) in [5, 5.41) is 3.11. The fourth-order valence-corrected chi connectivity index (χ4v) is 5.63. The highest BCUT2D eigenvalue weighted by atomic mass is 32.2. The maximum atomic E-state index is 12.6. The second-order valence-electron chi connectivity index (χ2n) is 5.88. The van der Waals surface area contributed by atoms with Gasteiger partial charge < -0.3 is 5.32 Å². The van der Waals surface area contributed by atoms with E-state index >= 15 is 0 Å². The van der Waals surface area contributed by atoms with Gasteiger partial charge in [-0.15, -0.1) is 0 Å². The topological polar surface area (TPSA) is 61.4 Å². The molecule has 5 nitrogen and oxygen atoms in total. The van der Waals surface area contributed by atoms with Crippen LogP contribution in [0, 0.1) is 0 Å². The number of piperidine rings is 1. The van der Waals surface area contributed by atoms with Crippen LogP contribution in [0.2, 0.25) is 0 Å². The van der Waals surface area contributed by atoms with Crippen molar-refractivity contribution in [2.45, 2.75) is 49.3 Å². The molecule has 0 aromatic rings. The van der Waals surface area contributed by atoms with E-state index in [-0.39, 0.29) is 10.8 Å². The van der Waals surface area contributed by atoms with Crippen LogP contribution in [0.5, 0.6) is 0 Å². The summed E-state index contributed by atoms with van der Waals surface area (Å²) in [6, 6.07) is 0.0953. The van der Waals surface area contributed by atoms with Gasteiger partial charge in [-0.2, -0.15) is 24.5 Å². The van der Waals surface area contributed by atoms with Crippen LogP contribution in [0.15, 0.2) is 0 Å². The molecule has 0 bridgehead atoms. The Kier molecular flexibility index (Phi) is 5.76. The van der Waals surface area contributed by atoms with E-state index in [1.54, 1.807) is 16.1 Å². The molecule has 20 heavy (non-hydrogen) atoms. The Morgan fingerprint density at radius 3 is 2.60 bits per heavy atom. The van der Waals surface area contributed by atoms with E-state index in [4.69, 9.17) is 0 Å². The average molecular weight is 322 g/mol. The fraction of sp³-hybridized carbons (Fsp3) is 1.00. The molecule has 7 heteroatoms. The first-order chi connectivity index (χ1) is 9.53. The molecule has 1 heterocycles. The lowest BCUT2D eigenvalue weighted by Gasteiger charge is -2.41. The van der Waals surface area contributed by atoms with Crippen LogP contribution in [-0.4, -0.2) is 56.4 Å². The molecule has 1 saturated carbocycles. The van der Waals surface area contributed by atoms with Gasteiger partial charge in [0.15, 0.2) is 0 Å². The van der Waals surface area contributed by atoms with Gasteiger partial charge in [0.25, 0.3) is 10.2 Å². The Morgan fingerprint density at radius 2 is 2.05 bits per heavy atom. The van der Waals surface area contributed by atoms with Gasteiger partial charge in [0.1, 0.15) is 0 Å². The molecule has 1 unspecified atom stereocenters. The molecule has 1 atom stereocenters. The highest BCUT2D eigenvalue weighted by molar-refractivity contribution is 8.00. The molecule has 1 aliphatic carbocycles. The number of likely N-dealkylation sites (N-methyl/N-ethyl adjacent to an activating group) is 1. The summed E-state index contributed by atoms with van der Waals surface area (Å²) in [4.78, 5) is 0. The number of hydrogen-bond acceptors (Lipinski definition) is 4. The number of hydrogen-bond donors (Lipinski definition) is 2. The van der Waals surface area contributed by atoms with Gasteiger partial charge in [0.05, 0.1) is 0 Å². The number of thioether (sulfide) groups is 1. The summed E-state index contributed by atoms with van der Waals surface area (Å²) in [7, 11) is -1.47. The minimum absolute atomic E-state index is 0.0953. The van der Waals surface area contributed by atoms with Crippen LogP contribution in [0.25, 0.3) is 0 Å². The Balaban J connectivity index is 1.97. The monoisotopic (exact) mass is 321 g/mol. The largest absolute Gasteiger partial charge is 0.318 e. The van der Waals surface area contributed by atoms with Crippen LogP contribution in [0.3, 0.4) is 0 Å². The fourth-order valence-electron chi connectivity index (χ4n) is 3.06. The lowest BCUT2D eigenvalue weighted by atomic mass is 9.84. The summed E-state index contributed by atoms with van der Waals surface area (Å²) < 4.78 is 29.8. The Labute approximate surface area is 127 Å². The SMILES string of the molecule is CNCC1CCCCN1S(=O)(=O)NCC1(SC)CCC1. The van der Waals surface area contributed by atoms with E-state index in [1.807, 2.05) is 7.05 Å². The molecule has 2 aliphatic rings. The van der Waals surface area contributed by atoms with Crippen molar-refractivity contribution >= 4 is 22.0 Å². The molecular weight excluding hydrogens is 294 g/mol. The van der Waals surface area contributed by atoms with Crippen molar-refractivity contribution in [3.8, 4) is 0 Å². The summed E-state index contributed by atoms with van der Waals surface area (Å²) in [6.07, 6.45) is 8.58. The molecule has 0 radical (unpaired) electrons. The van der Waals surface area contributed by atoms with Gasteiger partial charge in [0.2, 0.25) is 0 Å². The molecular formula is C13H27N3O2S2. The predicted molar refractivity (Wildman–Crippen MR) is 85.3 cm³/mol. The smallest absolute Gasteiger partial charge is 0.279 e. The van der Waals surface area contributed by atoms with Gasteiger partial charge in [-0.3, -0.25) is 0 Å². The minimum Gasteiger partial charge on any atom is -0.318 e. The van der Waals surface area contributed by atoms with Gasteiger partial charge >= 0.3 is 0 Å². The molecule has 0 aromatic carbocycles. The Hall–Kier alpha value is 0.180. The van der Waals surface area contributed by atoms with Crippen LogP contribution in [0.4, 0.5) is 0 Å². The first kappa shape index (κ1) is 16.5. The van der Waals surface area contributed by atoms with E-state index in [0.717, 1.165) is 38.6 Å². The van der Waals surface area contributed by atoms with Gasteiger partial charge in [-0.1, -0.05) is 12.8 Å². The van der Waals surface area contributed by atoms with Crippen molar-refractivity contribution in [3.05, 3.63) is 0 Å². The molecule has 1 saturated heterocycles. The number of nitrogens with zero attached hydrogens (tertiary/aromatic N) is 1. The lowest BCUT2D eigenvalue weighted by Crippen LogP contribution is -2.55. The predicted octanol–water partition coefficient (Wildman–Crippen LogP) is 1.18. The highest BCUT2D eigenvalue weighted by Crippen LogP contribution is 2.42. The van der Waals surface area contributed by atoms with Crippen molar-refractivity contribution in [2.75, 3.05) is 32.9 Å². The van der Waals surface area contributed by atoms with Crippen LogP contribution in [0.1, 0.15) is 38.5 Å².